The molecular formula is C11H20N4O2S. The molecule has 7 heteroatoms. The summed E-state index contributed by atoms with van der Waals surface area (Å²) in [4.78, 5) is 1.97. The number of nitrogens with zero attached hydrogens (tertiary/aromatic N) is 1. The average Bonchev–Trinajstić information content (AvgIpc) is 2.18. The highest BCUT2D eigenvalue weighted by Crippen LogP contribution is 2.26. The number of benzene rings is 1. The Morgan fingerprint density at radius 1 is 1.39 bits per heavy atom. The summed E-state index contributed by atoms with van der Waals surface area (Å²) in [5, 5.41) is 8.26. The Morgan fingerprint density at radius 3 is 2.50 bits per heavy atom. The SMILES string of the molecule is CC(CN(C)C)Nc1cccc(S(N)(=O)=O)c1N. The van der Waals surface area contributed by atoms with Crippen LogP contribution in [-0.4, -0.2) is 40.0 Å². The molecule has 0 bridgehead atoms. The number of para-hydroxylation sites is 1. The van der Waals surface area contributed by atoms with E-state index in [0.29, 0.717) is 5.69 Å². The van der Waals surface area contributed by atoms with E-state index in [1.807, 2.05) is 25.9 Å². The van der Waals surface area contributed by atoms with Crippen molar-refractivity contribution < 1.29 is 8.42 Å². The van der Waals surface area contributed by atoms with Gasteiger partial charge in [0.1, 0.15) is 4.90 Å². The summed E-state index contributed by atoms with van der Waals surface area (Å²) in [6.07, 6.45) is 0. The van der Waals surface area contributed by atoms with E-state index in [0.717, 1.165) is 6.54 Å². The highest BCUT2D eigenvalue weighted by atomic mass is 32.2. The standard InChI is InChI=1S/C11H20N4O2S/c1-8(7-15(2)3)14-9-5-4-6-10(11(9)12)18(13,16)17/h4-6,8,14H,7,12H2,1-3H3,(H2,13,16,17). The number of hydrogen-bond donors (Lipinski definition) is 3. The van der Waals surface area contributed by atoms with Gasteiger partial charge >= 0.3 is 0 Å². The third-order valence-electron chi connectivity index (χ3n) is 2.41. The first kappa shape index (κ1) is 14.7. The number of sulfonamides is 1. The summed E-state index contributed by atoms with van der Waals surface area (Å²) in [5.74, 6) is 0. The monoisotopic (exact) mass is 272 g/mol. The molecule has 0 spiro atoms. The van der Waals surface area contributed by atoms with Crippen LogP contribution in [0, 0.1) is 0 Å². The zero-order valence-corrected chi connectivity index (χ0v) is 11.7. The normalized spacial score (nSPS) is 13.6. The van der Waals surface area contributed by atoms with E-state index in [2.05, 4.69) is 5.32 Å². The largest absolute Gasteiger partial charge is 0.396 e. The van der Waals surface area contributed by atoms with E-state index in [9.17, 15) is 8.42 Å². The van der Waals surface area contributed by atoms with Crippen LogP contribution in [0.5, 0.6) is 0 Å². The van der Waals surface area contributed by atoms with Crippen molar-refractivity contribution in [2.24, 2.45) is 5.14 Å². The van der Waals surface area contributed by atoms with E-state index in [-0.39, 0.29) is 16.6 Å². The lowest BCUT2D eigenvalue weighted by atomic mass is 10.2. The van der Waals surface area contributed by atoms with Gasteiger partial charge in [-0.05, 0) is 33.2 Å². The van der Waals surface area contributed by atoms with Crippen LogP contribution in [0.15, 0.2) is 23.1 Å². The number of hydrogen-bond acceptors (Lipinski definition) is 5. The third kappa shape index (κ3) is 3.86. The maximum absolute atomic E-state index is 11.3. The zero-order chi connectivity index (χ0) is 13.9. The second-order valence-electron chi connectivity index (χ2n) is 4.57. The highest BCUT2D eigenvalue weighted by Gasteiger charge is 2.15. The van der Waals surface area contributed by atoms with Gasteiger partial charge in [0.15, 0.2) is 0 Å². The Bertz CT molecular complexity index is 514. The van der Waals surface area contributed by atoms with Gasteiger partial charge in [-0.3, -0.25) is 0 Å². The third-order valence-corrected chi connectivity index (χ3v) is 3.38. The number of anilines is 2. The van der Waals surface area contributed by atoms with E-state index in [1.165, 1.54) is 6.07 Å². The van der Waals surface area contributed by atoms with E-state index in [4.69, 9.17) is 10.9 Å². The first-order valence-corrected chi connectivity index (χ1v) is 7.09. The number of rotatable bonds is 5. The minimum Gasteiger partial charge on any atom is -0.396 e. The second-order valence-corrected chi connectivity index (χ2v) is 6.10. The number of nitrogen functional groups attached to an aromatic ring is 1. The van der Waals surface area contributed by atoms with Gasteiger partial charge in [-0.25, -0.2) is 13.6 Å². The lowest BCUT2D eigenvalue weighted by Crippen LogP contribution is -2.30. The van der Waals surface area contributed by atoms with E-state index < -0.39 is 10.0 Å². The van der Waals surface area contributed by atoms with Gasteiger partial charge in [-0.1, -0.05) is 6.07 Å². The molecule has 0 saturated carbocycles. The van der Waals surface area contributed by atoms with Crippen LogP contribution in [0.1, 0.15) is 6.92 Å². The topological polar surface area (TPSA) is 101 Å². The van der Waals surface area contributed by atoms with Crippen LogP contribution in [0.25, 0.3) is 0 Å². The van der Waals surface area contributed by atoms with Crippen LogP contribution in [0.2, 0.25) is 0 Å². The summed E-state index contributed by atoms with van der Waals surface area (Å²) in [6, 6.07) is 4.88. The van der Waals surface area contributed by atoms with Crippen molar-refractivity contribution in [1.82, 2.24) is 4.90 Å². The molecule has 0 saturated heterocycles. The number of likely N-dealkylation sites (N-methyl/N-ethyl adjacent to an activating group) is 1. The Balaban J connectivity index is 2.98. The quantitative estimate of drug-likeness (QED) is 0.668. The minimum absolute atomic E-state index is 0.0513. The van der Waals surface area contributed by atoms with Gasteiger partial charge in [-0.2, -0.15) is 0 Å². The van der Waals surface area contributed by atoms with Crippen molar-refractivity contribution in [3.05, 3.63) is 18.2 Å². The van der Waals surface area contributed by atoms with Crippen LogP contribution in [0.4, 0.5) is 11.4 Å². The molecule has 5 N–H and O–H groups in total. The van der Waals surface area contributed by atoms with Crippen LogP contribution < -0.4 is 16.2 Å². The van der Waals surface area contributed by atoms with Gasteiger partial charge in [0.25, 0.3) is 0 Å². The molecule has 18 heavy (non-hydrogen) atoms. The summed E-state index contributed by atoms with van der Waals surface area (Å²) < 4.78 is 22.7. The molecule has 1 unspecified atom stereocenters. The summed E-state index contributed by atoms with van der Waals surface area (Å²) in [7, 11) is 0.131. The smallest absolute Gasteiger partial charge is 0.240 e. The van der Waals surface area contributed by atoms with E-state index >= 15 is 0 Å². The van der Waals surface area contributed by atoms with Crippen molar-refractivity contribution in [1.29, 1.82) is 0 Å². The Morgan fingerprint density at radius 2 is 2.00 bits per heavy atom. The molecule has 0 aromatic heterocycles. The molecule has 0 aliphatic rings. The molecule has 0 radical (unpaired) electrons. The van der Waals surface area contributed by atoms with Gasteiger partial charge < -0.3 is 16.0 Å². The van der Waals surface area contributed by atoms with Crippen molar-refractivity contribution in [3.63, 3.8) is 0 Å². The second kappa shape index (κ2) is 5.55. The lowest BCUT2D eigenvalue weighted by molar-refractivity contribution is 0.392. The molecular weight excluding hydrogens is 252 g/mol. The molecule has 0 amide bonds. The van der Waals surface area contributed by atoms with E-state index in [1.54, 1.807) is 12.1 Å². The van der Waals surface area contributed by atoms with Gasteiger partial charge in [-0.15, -0.1) is 0 Å². The predicted octanol–water partition coefficient (Wildman–Crippen LogP) is 0.278. The van der Waals surface area contributed by atoms with Gasteiger partial charge in [0.05, 0.1) is 11.4 Å². The van der Waals surface area contributed by atoms with Gasteiger partial charge in [0.2, 0.25) is 10.0 Å². The van der Waals surface area contributed by atoms with Crippen molar-refractivity contribution in [2.75, 3.05) is 31.7 Å². The molecule has 1 aromatic carbocycles. The Hall–Kier alpha value is -1.31. The fourth-order valence-corrected chi connectivity index (χ4v) is 2.46. The number of nitrogens with one attached hydrogen (secondary N) is 1. The lowest BCUT2D eigenvalue weighted by Gasteiger charge is -2.21. The predicted molar refractivity (Wildman–Crippen MR) is 73.9 cm³/mol. The molecule has 0 heterocycles. The van der Waals surface area contributed by atoms with Crippen molar-refractivity contribution in [2.45, 2.75) is 17.9 Å². The summed E-state index contributed by atoms with van der Waals surface area (Å²) >= 11 is 0. The molecule has 6 nitrogen and oxygen atoms in total. The molecule has 1 rings (SSSR count). The van der Waals surface area contributed by atoms with Gasteiger partial charge in [0, 0.05) is 12.6 Å². The van der Waals surface area contributed by atoms with Crippen molar-refractivity contribution >= 4 is 21.4 Å². The van der Waals surface area contributed by atoms with Crippen LogP contribution >= 0.6 is 0 Å². The molecule has 102 valence electrons. The fraction of sp³-hybridized carbons (Fsp3) is 0.455. The first-order valence-electron chi connectivity index (χ1n) is 5.54. The Labute approximate surface area is 108 Å². The fourth-order valence-electron chi connectivity index (χ4n) is 1.78. The molecule has 1 aromatic rings. The molecule has 0 aliphatic heterocycles. The molecule has 1 atom stereocenters. The maximum Gasteiger partial charge on any atom is 0.240 e. The maximum atomic E-state index is 11.3. The van der Waals surface area contributed by atoms with Crippen LogP contribution in [-0.2, 0) is 10.0 Å². The number of nitrogens with two attached hydrogens (primary N) is 2. The van der Waals surface area contributed by atoms with Crippen LogP contribution in [0.3, 0.4) is 0 Å². The Kier molecular flexibility index (Phi) is 4.55. The number of primary sulfonamides is 1. The average molecular weight is 272 g/mol. The van der Waals surface area contributed by atoms with Crippen molar-refractivity contribution in [3.8, 4) is 0 Å². The summed E-state index contributed by atoms with van der Waals surface area (Å²) in [5.41, 5.74) is 6.55. The summed E-state index contributed by atoms with van der Waals surface area (Å²) in [6.45, 7) is 2.79. The zero-order valence-electron chi connectivity index (χ0n) is 10.8. The minimum atomic E-state index is -3.79. The highest BCUT2D eigenvalue weighted by molar-refractivity contribution is 7.89. The molecule has 0 aliphatic carbocycles. The molecule has 0 fully saturated rings. The first-order chi connectivity index (χ1) is 8.21.